The van der Waals surface area contributed by atoms with E-state index >= 15 is 0 Å². The predicted molar refractivity (Wildman–Crippen MR) is 54.0 cm³/mol. The van der Waals surface area contributed by atoms with Gasteiger partial charge in [-0.1, -0.05) is 26.7 Å². The number of carbonyl (C=O) groups excluding carboxylic acids is 2. The molecule has 4 N–H and O–H groups in total. The minimum absolute atomic E-state index is 0.00481. The summed E-state index contributed by atoms with van der Waals surface area (Å²) in [6, 6.07) is -0.00481. The number of nitrogens with two attached hydrogens (primary N) is 1. The van der Waals surface area contributed by atoms with E-state index in [0.717, 1.165) is 12.8 Å². The van der Waals surface area contributed by atoms with Crippen LogP contribution < -0.4 is 16.6 Å². The van der Waals surface area contributed by atoms with E-state index in [-0.39, 0.29) is 6.04 Å². The Labute approximate surface area is 84.4 Å². The Morgan fingerprint density at radius 2 is 1.71 bits per heavy atom. The van der Waals surface area contributed by atoms with Crippen molar-refractivity contribution in [3.05, 3.63) is 0 Å². The predicted octanol–water partition coefficient (Wildman–Crippen LogP) is -0.0828. The largest absolute Gasteiger partial charge is 0.345 e. The number of carbonyl (C=O) groups is 2. The monoisotopic (exact) mass is 201 g/mol. The van der Waals surface area contributed by atoms with E-state index in [4.69, 9.17) is 5.84 Å². The second kappa shape index (κ2) is 6.37. The second-order valence-electron chi connectivity index (χ2n) is 3.31. The molecule has 0 rings (SSSR count). The van der Waals surface area contributed by atoms with Crippen molar-refractivity contribution in [1.29, 1.82) is 0 Å². The Morgan fingerprint density at radius 3 is 2.07 bits per heavy atom. The SMILES string of the molecule is CCC(CC)C(C)NC(=O)C(=O)NN. The van der Waals surface area contributed by atoms with Crippen molar-refractivity contribution < 1.29 is 9.59 Å². The highest BCUT2D eigenvalue weighted by molar-refractivity contribution is 6.34. The maximum Gasteiger partial charge on any atom is 0.323 e. The molecule has 0 radical (unpaired) electrons. The summed E-state index contributed by atoms with van der Waals surface area (Å²) in [7, 11) is 0. The molecule has 0 aliphatic heterocycles. The quantitative estimate of drug-likeness (QED) is 0.257. The van der Waals surface area contributed by atoms with E-state index in [1.165, 1.54) is 0 Å². The Kier molecular flexibility index (Phi) is 5.87. The van der Waals surface area contributed by atoms with Gasteiger partial charge in [-0.2, -0.15) is 0 Å². The zero-order chi connectivity index (χ0) is 11.1. The van der Waals surface area contributed by atoms with Gasteiger partial charge in [0.25, 0.3) is 0 Å². The number of hydrogen-bond donors (Lipinski definition) is 3. The summed E-state index contributed by atoms with van der Waals surface area (Å²) in [5.74, 6) is 3.75. The van der Waals surface area contributed by atoms with Gasteiger partial charge in [-0.05, 0) is 12.8 Å². The Balaban J connectivity index is 4.10. The first-order chi connectivity index (χ1) is 6.56. The van der Waals surface area contributed by atoms with Crippen molar-refractivity contribution in [1.82, 2.24) is 10.7 Å². The van der Waals surface area contributed by atoms with Crippen molar-refractivity contribution in [2.24, 2.45) is 11.8 Å². The van der Waals surface area contributed by atoms with E-state index in [2.05, 4.69) is 19.2 Å². The van der Waals surface area contributed by atoms with Crippen LogP contribution in [0.15, 0.2) is 0 Å². The molecular weight excluding hydrogens is 182 g/mol. The molecule has 0 aromatic heterocycles. The normalized spacial score (nSPS) is 12.4. The second-order valence-corrected chi connectivity index (χ2v) is 3.31. The molecule has 5 heteroatoms. The number of hydrazine groups is 1. The number of amides is 2. The van der Waals surface area contributed by atoms with Crippen molar-refractivity contribution in [2.45, 2.75) is 39.7 Å². The van der Waals surface area contributed by atoms with Crippen molar-refractivity contribution >= 4 is 11.8 Å². The lowest BCUT2D eigenvalue weighted by molar-refractivity contribution is -0.139. The molecular formula is C9H19N3O2. The van der Waals surface area contributed by atoms with Gasteiger partial charge in [0.1, 0.15) is 0 Å². The van der Waals surface area contributed by atoms with Crippen LogP contribution in [0.4, 0.5) is 0 Å². The Bertz CT molecular complexity index is 202. The highest BCUT2D eigenvalue weighted by atomic mass is 16.2. The zero-order valence-corrected chi connectivity index (χ0v) is 8.96. The van der Waals surface area contributed by atoms with E-state index in [1.807, 2.05) is 6.92 Å². The summed E-state index contributed by atoms with van der Waals surface area (Å²) < 4.78 is 0. The maximum absolute atomic E-state index is 11.1. The van der Waals surface area contributed by atoms with E-state index in [1.54, 1.807) is 5.43 Å². The van der Waals surface area contributed by atoms with Gasteiger partial charge in [-0.25, -0.2) is 5.84 Å². The van der Waals surface area contributed by atoms with Crippen LogP contribution in [0.1, 0.15) is 33.6 Å². The van der Waals surface area contributed by atoms with Crippen LogP contribution in [0, 0.1) is 5.92 Å². The lowest BCUT2D eigenvalue weighted by Crippen LogP contribution is -2.47. The molecule has 0 bridgehead atoms. The number of hydrogen-bond acceptors (Lipinski definition) is 3. The van der Waals surface area contributed by atoms with Crippen molar-refractivity contribution in [3.63, 3.8) is 0 Å². The van der Waals surface area contributed by atoms with Gasteiger partial charge in [0.05, 0.1) is 0 Å². The van der Waals surface area contributed by atoms with Crippen LogP contribution in [0.3, 0.4) is 0 Å². The lowest BCUT2D eigenvalue weighted by atomic mass is 9.95. The molecule has 1 unspecified atom stereocenters. The third-order valence-corrected chi connectivity index (χ3v) is 2.45. The molecule has 0 saturated carbocycles. The molecule has 0 aliphatic carbocycles. The molecule has 5 nitrogen and oxygen atoms in total. The first kappa shape index (κ1) is 12.9. The van der Waals surface area contributed by atoms with Gasteiger partial charge in [-0.15, -0.1) is 0 Å². The third-order valence-electron chi connectivity index (χ3n) is 2.45. The standard InChI is InChI=1S/C9H19N3O2/c1-4-7(5-2)6(3)11-8(13)9(14)12-10/h6-7H,4-5,10H2,1-3H3,(H,11,13)(H,12,14). The lowest BCUT2D eigenvalue weighted by Gasteiger charge is -2.21. The minimum Gasteiger partial charge on any atom is -0.345 e. The van der Waals surface area contributed by atoms with Crippen LogP contribution in [0.2, 0.25) is 0 Å². The summed E-state index contributed by atoms with van der Waals surface area (Å²) >= 11 is 0. The molecule has 14 heavy (non-hydrogen) atoms. The average molecular weight is 201 g/mol. The van der Waals surface area contributed by atoms with Crippen LogP contribution in [-0.2, 0) is 9.59 Å². The van der Waals surface area contributed by atoms with Crippen molar-refractivity contribution in [3.8, 4) is 0 Å². The van der Waals surface area contributed by atoms with Crippen LogP contribution in [0.25, 0.3) is 0 Å². The maximum atomic E-state index is 11.1. The van der Waals surface area contributed by atoms with Crippen LogP contribution >= 0.6 is 0 Å². The molecule has 2 amide bonds. The average Bonchev–Trinajstić information content (AvgIpc) is 2.18. The molecule has 0 aromatic carbocycles. The topological polar surface area (TPSA) is 84.2 Å². The highest BCUT2D eigenvalue weighted by Gasteiger charge is 2.19. The molecule has 0 aliphatic rings. The first-order valence-corrected chi connectivity index (χ1v) is 4.88. The van der Waals surface area contributed by atoms with Crippen molar-refractivity contribution in [2.75, 3.05) is 0 Å². The third kappa shape index (κ3) is 3.74. The molecule has 0 aromatic rings. The van der Waals surface area contributed by atoms with Gasteiger partial charge in [-0.3, -0.25) is 15.0 Å². The molecule has 1 atom stereocenters. The number of rotatable bonds is 4. The van der Waals surface area contributed by atoms with Gasteiger partial charge < -0.3 is 5.32 Å². The highest BCUT2D eigenvalue weighted by Crippen LogP contribution is 2.12. The Morgan fingerprint density at radius 1 is 1.21 bits per heavy atom. The summed E-state index contributed by atoms with van der Waals surface area (Å²) in [6.07, 6.45) is 1.95. The molecule has 0 spiro atoms. The van der Waals surface area contributed by atoms with Gasteiger partial charge in [0, 0.05) is 6.04 Å². The summed E-state index contributed by atoms with van der Waals surface area (Å²) in [5.41, 5.74) is 1.79. The summed E-state index contributed by atoms with van der Waals surface area (Å²) in [4.78, 5) is 21.9. The fourth-order valence-corrected chi connectivity index (χ4v) is 1.45. The number of nitrogens with one attached hydrogen (secondary N) is 2. The molecule has 0 heterocycles. The van der Waals surface area contributed by atoms with E-state index < -0.39 is 11.8 Å². The van der Waals surface area contributed by atoms with E-state index in [0.29, 0.717) is 5.92 Å². The van der Waals surface area contributed by atoms with Crippen LogP contribution in [-0.4, -0.2) is 17.9 Å². The zero-order valence-electron chi connectivity index (χ0n) is 8.96. The molecule has 0 saturated heterocycles. The van der Waals surface area contributed by atoms with Gasteiger partial charge in [0.2, 0.25) is 0 Å². The van der Waals surface area contributed by atoms with Crippen LogP contribution in [0.5, 0.6) is 0 Å². The fraction of sp³-hybridized carbons (Fsp3) is 0.778. The fourth-order valence-electron chi connectivity index (χ4n) is 1.45. The Hall–Kier alpha value is -1.10. The van der Waals surface area contributed by atoms with Gasteiger partial charge in [0.15, 0.2) is 0 Å². The van der Waals surface area contributed by atoms with E-state index in [9.17, 15) is 9.59 Å². The summed E-state index contributed by atoms with van der Waals surface area (Å²) in [6.45, 7) is 6.00. The minimum atomic E-state index is -0.803. The smallest absolute Gasteiger partial charge is 0.323 e. The molecule has 0 fully saturated rings. The summed E-state index contributed by atoms with van der Waals surface area (Å²) in [5, 5.41) is 2.60. The van der Waals surface area contributed by atoms with Gasteiger partial charge >= 0.3 is 11.8 Å². The first-order valence-electron chi connectivity index (χ1n) is 4.88. The molecule has 82 valence electrons.